The normalized spacial score (nSPS) is 23.7. The van der Waals surface area contributed by atoms with Gasteiger partial charge in [-0.25, -0.2) is 27.7 Å². The highest BCUT2D eigenvalue weighted by Gasteiger charge is 2.30. The molecule has 2 bridgehead atoms. The molecule has 3 N–H and O–H groups in total. The molecule has 2 amide bonds. The van der Waals surface area contributed by atoms with Crippen LogP contribution in [0, 0.1) is 11.8 Å². The van der Waals surface area contributed by atoms with Crippen LogP contribution in [-0.2, 0) is 10.0 Å². The fourth-order valence-electron chi connectivity index (χ4n) is 3.51. The average molecular weight is 367 g/mol. The number of amides is 2. The van der Waals surface area contributed by atoms with Crippen LogP contribution in [0.2, 0.25) is 0 Å². The van der Waals surface area contributed by atoms with Gasteiger partial charge in [0.25, 0.3) is 10.0 Å². The number of rotatable bonds is 4. The maximum atomic E-state index is 12.2. The van der Waals surface area contributed by atoms with Crippen LogP contribution < -0.4 is 10.1 Å². The van der Waals surface area contributed by atoms with Crippen molar-refractivity contribution in [1.29, 1.82) is 0 Å². The molecule has 0 atom stereocenters. The summed E-state index contributed by atoms with van der Waals surface area (Å²) in [5.74, 6) is -0.0658. The minimum atomic E-state index is -4.05. The van der Waals surface area contributed by atoms with Crippen LogP contribution in [0.15, 0.2) is 29.2 Å². The molecular formula is C16H21N3O5S. The van der Waals surface area contributed by atoms with Crippen LogP contribution in [-0.4, -0.2) is 43.6 Å². The van der Waals surface area contributed by atoms with Crippen molar-refractivity contribution in [3.8, 4) is 0 Å². The van der Waals surface area contributed by atoms with Gasteiger partial charge in [0.15, 0.2) is 0 Å². The molecule has 2 heterocycles. The third-order valence-corrected chi connectivity index (χ3v) is 6.17. The number of hydrazine groups is 1. The predicted octanol–water partition coefficient (Wildman–Crippen LogP) is 1.41. The number of fused-ring (bicyclic) bond motifs is 4. The van der Waals surface area contributed by atoms with Gasteiger partial charge in [0.1, 0.15) is 0 Å². The number of hydrogen-bond acceptors (Lipinski definition) is 5. The molecule has 0 unspecified atom stereocenters. The fraction of sp³-hybridized carbons (Fsp3) is 0.500. The molecular weight excluding hydrogens is 346 g/mol. The predicted molar refractivity (Wildman–Crippen MR) is 89.3 cm³/mol. The van der Waals surface area contributed by atoms with Crippen LogP contribution in [0.25, 0.3) is 0 Å². The highest BCUT2D eigenvalue weighted by atomic mass is 32.2. The van der Waals surface area contributed by atoms with Crippen molar-refractivity contribution in [2.24, 2.45) is 11.8 Å². The number of carbonyl (C=O) groups excluding carboxylic acids is 1. The van der Waals surface area contributed by atoms with Gasteiger partial charge < -0.3 is 5.11 Å². The minimum absolute atomic E-state index is 0.0246. The van der Waals surface area contributed by atoms with Gasteiger partial charge in [-0.1, -0.05) is 0 Å². The van der Waals surface area contributed by atoms with E-state index < -0.39 is 22.0 Å². The first-order valence-electron chi connectivity index (χ1n) is 8.25. The Morgan fingerprint density at radius 2 is 1.52 bits per heavy atom. The first-order chi connectivity index (χ1) is 11.8. The average Bonchev–Trinajstić information content (AvgIpc) is 2.86. The number of nitrogens with one attached hydrogen (secondary N) is 2. The summed E-state index contributed by atoms with van der Waals surface area (Å²) in [6.07, 6.45) is 4.61. The van der Waals surface area contributed by atoms with Gasteiger partial charge in [-0.3, -0.25) is 5.43 Å². The number of nitrogens with zero attached hydrogens (tertiary/aromatic N) is 1. The summed E-state index contributed by atoms with van der Waals surface area (Å²) < 4.78 is 26.4. The summed E-state index contributed by atoms with van der Waals surface area (Å²) in [5.41, 5.74) is 2.60. The zero-order chi connectivity index (χ0) is 18.0. The van der Waals surface area contributed by atoms with Gasteiger partial charge in [-0.15, -0.1) is 0 Å². The molecule has 25 heavy (non-hydrogen) atoms. The number of hydrogen-bond donors (Lipinski definition) is 3. The van der Waals surface area contributed by atoms with E-state index in [0.29, 0.717) is 11.8 Å². The molecule has 1 aliphatic carbocycles. The van der Waals surface area contributed by atoms with Gasteiger partial charge in [-0.2, -0.15) is 0 Å². The number of sulfonamides is 1. The number of benzene rings is 1. The van der Waals surface area contributed by atoms with E-state index in [0.717, 1.165) is 50.9 Å². The Morgan fingerprint density at radius 1 is 1.00 bits per heavy atom. The van der Waals surface area contributed by atoms with Gasteiger partial charge >= 0.3 is 12.0 Å². The van der Waals surface area contributed by atoms with E-state index in [-0.39, 0.29) is 10.5 Å². The Labute approximate surface area is 146 Å². The molecule has 1 saturated carbocycles. The van der Waals surface area contributed by atoms with Crippen LogP contribution in [0.3, 0.4) is 0 Å². The lowest BCUT2D eigenvalue weighted by molar-refractivity contribution is 0.0696. The van der Waals surface area contributed by atoms with E-state index in [9.17, 15) is 18.0 Å². The van der Waals surface area contributed by atoms with Crippen molar-refractivity contribution in [3.05, 3.63) is 29.8 Å². The Balaban J connectivity index is 1.62. The summed E-state index contributed by atoms with van der Waals surface area (Å²) in [7, 11) is -4.05. The monoisotopic (exact) mass is 367 g/mol. The molecule has 1 aromatic rings. The zero-order valence-corrected chi connectivity index (χ0v) is 14.5. The molecule has 0 radical (unpaired) electrons. The third kappa shape index (κ3) is 4.29. The molecule has 2 aliphatic heterocycles. The zero-order valence-electron chi connectivity index (χ0n) is 13.6. The topological polar surface area (TPSA) is 116 Å². The smallest absolute Gasteiger partial charge is 0.343 e. The first-order valence-corrected chi connectivity index (χ1v) is 9.73. The maximum absolute atomic E-state index is 12.2. The van der Waals surface area contributed by atoms with Crippen LogP contribution in [0.1, 0.15) is 36.0 Å². The largest absolute Gasteiger partial charge is 0.478 e. The first kappa shape index (κ1) is 17.7. The molecule has 136 valence electrons. The van der Waals surface area contributed by atoms with Crippen LogP contribution >= 0.6 is 0 Å². The lowest BCUT2D eigenvalue weighted by Gasteiger charge is -2.23. The standard InChI is InChI=1S/C16H21N3O5S/c20-15(21)13-5-7-14(8-6-13)25(23,24)18-16(22)17-19-9-11-1-2-12(10-19)4-3-11/h5-8,11-12H,1-4,9-10H2,(H,20,21)(H2,17,18,22). The number of aromatic carboxylic acids is 1. The summed E-state index contributed by atoms with van der Waals surface area (Å²) in [4.78, 5) is 22.7. The van der Waals surface area contributed by atoms with Crippen molar-refractivity contribution in [2.75, 3.05) is 13.1 Å². The van der Waals surface area contributed by atoms with E-state index in [2.05, 4.69) is 5.43 Å². The number of carboxylic acids is 1. The molecule has 0 aromatic heterocycles. The quantitative estimate of drug-likeness (QED) is 0.741. The number of carbonyl (C=O) groups is 2. The molecule has 1 aromatic carbocycles. The lowest BCUT2D eigenvalue weighted by atomic mass is 9.84. The Kier molecular flexibility index (Phi) is 4.96. The summed E-state index contributed by atoms with van der Waals surface area (Å²) >= 11 is 0. The summed E-state index contributed by atoms with van der Waals surface area (Å²) in [6, 6.07) is 3.88. The second-order valence-electron chi connectivity index (χ2n) is 6.67. The molecule has 8 nitrogen and oxygen atoms in total. The summed E-state index contributed by atoms with van der Waals surface area (Å²) in [6.45, 7) is 1.47. The second kappa shape index (κ2) is 7.01. The number of carboxylic acid groups (broad SMARTS) is 1. The van der Waals surface area contributed by atoms with E-state index in [1.807, 2.05) is 4.72 Å². The van der Waals surface area contributed by atoms with Gasteiger partial charge in [-0.05, 0) is 61.8 Å². The van der Waals surface area contributed by atoms with Gasteiger partial charge in [0.05, 0.1) is 10.5 Å². The third-order valence-electron chi connectivity index (χ3n) is 4.82. The van der Waals surface area contributed by atoms with Crippen molar-refractivity contribution < 1.29 is 23.1 Å². The van der Waals surface area contributed by atoms with E-state index >= 15 is 0 Å². The lowest BCUT2D eigenvalue weighted by Crippen LogP contribution is -2.50. The highest BCUT2D eigenvalue weighted by molar-refractivity contribution is 7.90. The van der Waals surface area contributed by atoms with E-state index in [4.69, 9.17) is 5.11 Å². The number of urea groups is 1. The van der Waals surface area contributed by atoms with Crippen LogP contribution in [0.4, 0.5) is 4.79 Å². The summed E-state index contributed by atoms with van der Waals surface area (Å²) in [5, 5.41) is 10.6. The molecule has 4 rings (SSSR count). The molecule has 2 saturated heterocycles. The van der Waals surface area contributed by atoms with E-state index in [1.165, 1.54) is 12.1 Å². The van der Waals surface area contributed by atoms with Gasteiger partial charge in [0.2, 0.25) is 0 Å². The SMILES string of the molecule is O=C(NN1CC2CCC(CC2)C1)NS(=O)(=O)c1ccc(C(=O)O)cc1. The minimum Gasteiger partial charge on any atom is -0.478 e. The van der Waals surface area contributed by atoms with Gasteiger partial charge in [0, 0.05) is 13.1 Å². The highest BCUT2D eigenvalue weighted by Crippen LogP contribution is 2.33. The Hall–Kier alpha value is -2.13. The van der Waals surface area contributed by atoms with Crippen molar-refractivity contribution in [1.82, 2.24) is 15.2 Å². The maximum Gasteiger partial charge on any atom is 0.343 e. The second-order valence-corrected chi connectivity index (χ2v) is 8.35. The van der Waals surface area contributed by atoms with Crippen molar-refractivity contribution in [2.45, 2.75) is 30.6 Å². The molecule has 3 aliphatic rings. The fourth-order valence-corrected chi connectivity index (χ4v) is 4.41. The van der Waals surface area contributed by atoms with Crippen molar-refractivity contribution >= 4 is 22.0 Å². The van der Waals surface area contributed by atoms with Crippen molar-refractivity contribution in [3.63, 3.8) is 0 Å². The van der Waals surface area contributed by atoms with E-state index in [1.54, 1.807) is 5.01 Å². The Morgan fingerprint density at radius 3 is 2.00 bits per heavy atom. The Bertz CT molecular complexity index is 740. The molecule has 9 heteroatoms. The van der Waals surface area contributed by atoms with Crippen LogP contribution in [0.5, 0.6) is 0 Å². The molecule has 0 spiro atoms. The molecule has 3 fully saturated rings.